The van der Waals surface area contributed by atoms with Crippen LogP contribution in [0.1, 0.15) is 25.3 Å². The van der Waals surface area contributed by atoms with Gasteiger partial charge < -0.3 is 10.4 Å². The van der Waals surface area contributed by atoms with Crippen LogP contribution in [-0.2, 0) is 9.59 Å². The van der Waals surface area contributed by atoms with Crippen LogP contribution in [0.2, 0.25) is 0 Å². The minimum atomic E-state index is -1.14. The van der Waals surface area contributed by atoms with E-state index in [2.05, 4.69) is 19.2 Å². The van der Waals surface area contributed by atoms with Gasteiger partial charge in [-0.2, -0.15) is 0 Å². The van der Waals surface area contributed by atoms with E-state index < -0.39 is 11.9 Å². The highest BCUT2D eigenvalue weighted by Gasteiger charge is 2.02. The Labute approximate surface area is 100.0 Å². The molecule has 0 saturated heterocycles. The minimum absolute atomic E-state index is 0.376. The number of benzene rings is 1. The molecule has 0 saturated carbocycles. The molecule has 1 aromatic carbocycles. The SMILES string of the molecule is CC(C)c1cccc(NC(=O)/C=C/C(=O)O)c1. The second-order valence-electron chi connectivity index (χ2n) is 3.94. The summed E-state index contributed by atoms with van der Waals surface area (Å²) >= 11 is 0. The van der Waals surface area contributed by atoms with E-state index >= 15 is 0 Å². The van der Waals surface area contributed by atoms with E-state index in [1.165, 1.54) is 0 Å². The highest BCUT2D eigenvalue weighted by atomic mass is 16.4. The predicted octanol–water partition coefficient (Wildman–Crippen LogP) is 2.39. The van der Waals surface area contributed by atoms with Crippen LogP contribution in [0.5, 0.6) is 0 Å². The Morgan fingerprint density at radius 3 is 2.59 bits per heavy atom. The molecule has 0 aliphatic rings. The van der Waals surface area contributed by atoms with E-state index in [4.69, 9.17) is 5.11 Å². The fourth-order valence-corrected chi connectivity index (χ4v) is 1.31. The van der Waals surface area contributed by atoms with Crippen molar-refractivity contribution in [2.45, 2.75) is 19.8 Å². The molecular formula is C13H15NO3. The average molecular weight is 233 g/mol. The molecule has 4 nitrogen and oxygen atoms in total. The molecular weight excluding hydrogens is 218 g/mol. The molecule has 1 aromatic rings. The van der Waals surface area contributed by atoms with Gasteiger partial charge in [-0.25, -0.2) is 4.79 Å². The van der Waals surface area contributed by atoms with Gasteiger partial charge in [-0.1, -0.05) is 26.0 Å². The smallest absolute Gasteiger partial charge is 0.328 e. The van der Waals surface area contributed by atoms with Crippen molar-refractivity contribution in [3.8, 4) is 0 Å². The van der Waals surface area contributed by atoms with Gasteiger partial charge in [0.25, 0.3) is 0 Å². The van der Waals surface area contributed by atoms with Crippen molar-refractivity contribution >= 4 is 17.6 Å². The second kappa shape index (κ2) is 5.84. The second-order valence-corrected chi connectivity index (χ2v) is 3.94. The van der Waals surface area contributed by atoms with Gasteiger partial charge in [0.2, 0.25) is 5.91 Å². The first kappa shape index (κ1) is 13.0. The molecule has 0 spiro atoms. The van der Waals surface area contributed by atoms with E-state index in [-0.39, 0.29) is 0 Å². The summed E-state index contributed by atoms with van der Waals surface area (Å²) in [6.07, 6.45) is 1.80. The molecule has 0 atom stereocenters. The van der Waals surface area contributed by atoms with Gasteiger partial charge in [-0.3, -0.25) is 4.79 Å². The summed E-state index contributed by atoms with van der Waals surface area (Å²) in [4.78, 5) is 21.6. The van der Waals surface area contributed by atoms with E-state index in [0.29, 0.717) is 11.6 Å². The number of hydrogen-bond donors (Lipinski definition) is 2. The van der Waals surface area contributed by atoms with Crippen LogP contribution in [0.3, 0.4) is 0 Å². The molecule has 0 aliphatic carbocycles. The zero-order valence-corrected chi connectivity index (χ0v) is 9.81. The maximum absolute atomic E-state index is 11.3. The van der Waals surface area contributed by atoms with Crippen molar-refractivity contribution in [1.29, 1.82) is 0 Å². The number of carbonyl (C=O) groups excluding carboxylic acids is 1. The van der Waals surface area contributed by atoms with Crippen molar-refractivity contribution in [2.75, 3.05) is 5.32 Å². The largest absolute Gasteiger partial charge is 0.478 e. The number of hydrogen-bond acceptors (Lipinski definition) is 2. The maximum Gasteiger partial charge on any atom is 0.328 e. The number of amides is 1. The summed E-state index contributed by atoms with van der Waals surface area (Å²) in [6.45, 7) is 4.12. The molecule has 4 heteroatoms. The first-order valence-electron chi connectivity index (χ1n) is 5.31. The Morgan fingerprint density at radius 2 is 2.00 bits per heavy atom. The average Bonchev–Trinajstić information content (AvgIpc) is 2.26. The van der Waals surface area contributed by atoms with Gasteiger partial charge >= 0.3 is 5.97 Å². The van der Waals surface area contributed by atoms with Crippen LogP contribution in [0.4, 0.5) is 5.69 Å². The first-order chi connectivity index (χ1) is 7.99. The summed E-state index contributed by atoms with van der Waals surface area (Å²) < 4.78 is 0. The van der Waals surface area contributed by atoms with Crippen molar-refractivity contribution in [2.24, 2.45) is 0 Å². The van der Waals surface area contributed by atoms with Crippen LogP contribution in [0.25, 0.3) is 0 Å². The summed E-state index contributed by atoms with van der Waals surface area (Å²) in [5, 5.41) is 11.0. The third-order valence-corrected chi connectivity index (χ3v) is 2.20. The van der Waals surface area contributed by atoms with Crippen molar-refractivity contribution in [1.82, 2.24) is 0 Å². The third-order valence-electron chi connectivity index (χ3n) is 2.20. The van der Waals surface area contributed by atoms with Crippen LogP contribution in [0.15, 0.2) is 36.4 Å². The lowest BCUT2D eigenvalue weighted by molar-refractivity contribution is -0.131. The molecule has 90 valence electrons. The Kier molecular flexibility index (Phi) is 4.46. The molecule has 17 heavy (non-hydrogen) atoms. The monoisotopic (exact) mass is 233 g/mol. The molecule has 0 unspecified atom stereocenters. The van der Waals surface area contributed by atoms with Gasteiger partial charge in [0, 0.05) is 17.8 Å². The van der Waals surface area contributed by atoms with Crippen LogP contribution in [-0.4, -0.2) is 17.0 Å². The normalized spacial score (nSPS) is 10.8. The molecule has 0 heterocycles. The number of nitrogens with one attached hydrogen (secondary N) is 1. The summed E-state index contributed by atoms with van der Waals surface area (Å²) in [5.41, 5.74) is 1.78. The zero-order chi connectivity index (χ0) is 12.8. The van der Waals surface area contributed by atoms with Crippen molar-refractivity contribution in [3.05, 3.63) is 42.0 Å². The standard InChI is InChI=1S/C13H15NO3/c1-9(2)10-4-3-5-11(8-10)14-12(15)6-7-13(16)17/h3-9H,1-2H3,(H,14,15)(H,16,17)/b7-6+. The molecule has 0 fully saturated rings. The van der Waals surface area contributed by atoms with Gasteiger partial charge in [0.05, 0.1) is 0 Å². The molecule has 1 rings (SSSR count). The summed E-state index contributed by atoms with van der Waals surface area (Å²) in [5.74, 6) is -1.22. The Morgan fingerprint density at radius 1 is 1.29 bits per heavy atom. The van der Waals surface area contributed by atoms with Crippen LogP contribution >= 0.6 is 0 Å². The molecule has 0 aliphatic heterocycles. The predicted molar refractivity (Wildman–Crippen MR) is 65.9 cm³/mol. The maximum atomic E-state index is 11.3. The number of aliphatic carboxylic acids is 1. The molecule has 1 amide bonds. The first-order valence-corrected chi connectivity index (χ1v) is 5.31. The Bertz CT molecular complexity index is 450. The van der Waals surface area contributed by atoms with Gasteiger partial charge in [-0.05, 0) is 23.6 Å². The van der Waals surface area contributed by atoms with E-state index in [9.17, 15) is 9.59 Å². The lowest BCUT2D eigenvalue weighted by Crippen LogP contribution is -2.09. The lowest BCUT2D eigenvalue weighted by Gasteiger charge is -2.08. The topological polar surface area (TPSA) is 66.4 Å². The Hall–Kier alpha value is -2.10. The van der Waals surface area contributed by atoms with Gasteiger partial charge in [0.1, 0.15) is 0 Å². The minimum Gasteiger partial charge on any atom is -0.478 e. The number of rotatable bonds is 4. The highest BCUT2D eigenvalue weighted by molar-refractivity contribution is 6.02. The quantitative estimate of drug-likeness (QED) is 0.785. The number of carboxylic acids is 1. The number of carbonyl (C=O) groups is 2. The fourth-order valence-electron chi connectivity index (χ4n) is 1.31. The molecule has 0 radical (unpaired) electrons. The number of anilines is 1. The number of carboxylic acid groups (broad SMARTS) is 1. The van der Waals surface area contributed by atoms with Crippen LogP contribution < -0.4 is 5.32 Å². The van der Waals surface area contributed by atoms with Crippen molar-refractivity contribution < 1.29 is 14.7 Å². The van der Waals surface area contributed by atoms with Gasteiger partial charge in [0.15, 0.2) is 0 Å². The molecule has 0 aromatic heterocycles. The van der Waals surface area contributed by atoms with E-state index in [0.717, 1.165) is 17.7 Å². The lowest BCUT2D eigenvalue weighted by atomic mass is 10.0. The van der Waals surface area contributed by atoms with E-state index in [1.54, 1.807) is 6.07 Å². The Balaban J connectivity index is 2.72. The summed E-state index contributed by atoms with van der Waals surface area (Å²) in [6, 6.07) is 7.47. The molecule has 2 N–H and O–H groups in total. The molecule has 0 bridgehead atoms. The van der Waals surface area contributed by atoms with Gasteiger partial charge in [-0.15, -0.1) is 0 Å². The highest BCUT2D eigenvalue weighted by Crippen LogP contribution is 2.18. The van der Waals surface area contributed by atoms with Crippen molar-refractivity contribution in [3.63, 3.8) is 0 Å². The zero-order valence-electron chi connectivity index (χ0n) is 9.81. The fraction of sp³-hybridized carbons (Fsp3) is 0.231. The van der Waals surface area contributed by atoms with E-state index in [1.807, 2.05) is 18.2 Å². The third kappa shape index (κ3) is 4.51. The summed E-state index contributed by atoms with van der Waals surface area (Å²) in [7, 11) is 0. The van der Waals surface area contributed by atoms with Crippen LogP contribution in [0, 0.1) is 0 Å².